The van der Waals surface area contributed by atoms with Gasteiger partial charge in [0.2, 0.25) is 5.91 Å². The van der Waals surface area contributed by atoms with Crippen molar-refractivity contribution in [3.63, 3.8) is 0 Å². The molecule has 20 heavy (non-hydrogen) atoms. The van der Waals surface area contributed by atoms with Crippen LogP contribution in [0, 0.1) is 0 Å². The second-order valence-corrected chi connectivity index (χ2v) is 6.46. The van der Waals surface area contributed by atoms with Gasteiger partial charge in [0.15, 0.2) is 0 Å². The van der Waals surface area contributed by atoms with E-state index in [4.69, 9.17) is 0 Å². The van der Waals surface area contributed by atoms with Gasteiger partial charge < -0.3 is 5.32 Å². The average Bonchev–Trinajstić information content (AvgIpc) is 2.61. The standard InChI is InChI=1S/C13H17N3O3S/c1-9(2)15-12(17)7-8-14-13-10-5-3-4-6-11(10)20(18,19)16-13/h3-6,9H,7-8H2,1-2H3,(H,14,16)(H,15,17). The molecule has 0 saturated carbocycles. The van der Waals surface area contributed by atoms with Crippen molar-refractivity contribution in [3.8, 4) is 0 Å². The van der Waals surface area contributed by atoms with Crippen LogP contribution < -0.4 is 10.0 Å². The van der Waals surface area contributed by atoms with Crippen molar-refractivity contribution in [1.82, 2.24) is 10.0 Å². The number of carbonyl (C=O) groups is 1. The van der Waals surface area contributed by atoms with Crippen LogP contribution in [0.2, 0.25) is 0 Å². The number of amidine groups is 1. The third-order valence-electron chi connectivity index (χ3n) is 2.72. The summed E-state index contributed by atoms with van der Waals surface area (Å²) in [6.45, 7) is 4.00. The minimum absolute atomic E-state index is 0.0841. The Labute approximate surface area is 118 Å². The van der Waals surface area contributed by atoms with E-state index in [2.05, 4.69) is 15.0 Å². The van der Waals surface area contributed by atoms with Gasteiger partial charge in [0.1, 0.15) is 5.84 Å². The summed E-state index contributed by atoms with van der Waals surface area (Å²) in [6, 6.07) is 6.73. The Hall–Kier alpha value is -1.89. The summed E-state index contributed by atoms with van der Waals surface area (Å²) in [6.07, 6.45) is 0.228. The monoisotopic (exact) mass is 295 g/mol. The van der Waals surface area contributed by atoms with Gasteiger partial charge in [-0.15, -0.1) is 0 Å². The molecule has 0 radical (unpaired) electrons. The van der Waals surface area contributed by atoms with Gasteiger partial charge in [-0.3, -0.25) is 14.5 Å². The molecule has 0 spiro atoms. The molecule has 1 heterocycles. The topological polar surface area (TPSA) is 87.6 Å². The third kappa shape index (κ3) is 3.16. The number of aliphatic imine (C=N–C) groups is 1. The molecule has 1 aromatic rings. The second-order valence-electron chi connectivity index (χ2n) is 4.80. The zero-order valence-electron chi connectivity index (χ0n) is 11.4. The molecule has 7 heteroatoms. The normalized spacial score (nSPS) is 17.9. The highest BCUT2D eigenvalue weighted by Crippen LogP contribution is 2.21. The summed E-state index contributed by atoms with van der Waals surface area (Å²) in [7, 11) is -3.51. The van der Waals surface area contributed by atoms with E-state index in [1.165, 1.54) is 6.07 Å². The summed E-state index contributed by atoms with van der Waals surface area (Å²) < 4.78 is 26.1. The van der Waals surface area contributed by atoms with E-state index >= 15 is 0 Å². The molecule has 0 unspecified atom stereocenters. The van der Waals surface area contributed by atoms with Crippen LogP contribution in [0.15, 0.2) is 34.2 Å². The fourth-order valence-electron chi connectivity index (χ4n) is 1.91. The number of nitrogens with one attached hydrogen (secondary N) is 2. The van der Waals surface area contributed by atoms with Crippen LogP contribution in [0.1, 0.15) is 25.8 Å². The molecule has 2 N–H and O–H groups in total. The van der Waals surface area contributed by atoms with Crippen LogP contribution in [-0.4, -0.2) is 32.7 Å². The zero-order valence-corrected chi connectivity index (χ0v) is 12.2. The average molecular weight is 295 g/mol. The fraction of sp³-hybridized carbons (Fsp3) is 0.385. The van der Waals surface area contributed by atoms with Crippen molar-refractivity contribution in [2.45, 2.75) is 31.2 Å². The highest BCUT2D eigenvalue weighted by Gasteiger charge is 2.29. The van der Waals surface area contributed by atoms with Crippen LogP contribution in [0.4, 0.5) is 0 Å². The van der Waals surface area contributed by atoms with Gasteiger partial charge in [-0.05, 0) is 26.0 Å². The highest BCUT2D eigenvalue weighted by atomic mass is 32.2. The van der Waals surface area contributed by atoms with Gasteiger partial charge in [0.05, 0.1) is 11.4 Å². The van der Waals surface area contributed by atoms with Gasteiger partial charge in [0.25, 0.3) is 10.0 Å². The molecule has 2 rings (SSSR count). The van der Waals surface area contributed by atoms with Gasteiger partial charge in [-0.1, -0.05) is 12.1 Å². The summed E-state index contributed by atoms with van der Waals surface area (Å²) in [4.78, 5) is 15.9. The first-order valence-electron chi connectivity index (χ1n) is 6.36. The predicted molar refractivity (Wildman–Crippen MR) is 76.1 cm³/mol. The van der Waals surface area contributed by atoms with Crippen LogP contribution >= 0.6 is 0 Å². The van der Waals surface area contributed by atoms with Crippen molar-refractivity contribution in [2.75, 3.05) is 6.54 Å². The predicted octanol–water partition coefficient (Wildman–Crippen LogP) is 0.640. The molecule has 1 amide bonds. The minimum Gasteiger partial charge on any atom is -0.354 e. The number of hydrogen-bond donors (Lipinski definition) is 2. The summed E-state index contributed by atoms with van der Waals surface area (Å²) in [5.74, 6) is 0.205. The summed E-state index contributed by atoms with van der Waals surface area (Å²) >= 11 is 0. The smallest absolute Gasteiger partial charge is 0.263 e. The Morgan fingerprint density at radius 1 is 1.35 bits per heavy atom. The number of sulfonamides is 1. The van der Waals surface area contributed by atoms with Crippen LogP contribution in [-0.2, 0) is 14.8 Å². The Kier molecular flexibility index (Phi) is 4.08. The van der Waals surface area contributed by atoms with Crippen molar-refractivity contribution in [2.24, 2.45) is 4.99 Å². The first-order valence-corrected chi connectivity index (χ1v) is 7.84. The Morgan fingerprint density at radius 3 is 2.75 bits per heavy atom. The van der Waals surface area contributed by atoms with Crippen LogP contribution in [0.25, 0.3) is 0 Å². The molecule has 0 aliphatic carbocycles. The van der Waals surface area contributed by atoms with Crippen LogP contribution in [0.5, 0.6) is 0 Å². The number of rotatable bonds is 4. The quantitative estimate of drug-likeness (QED) is 0.854. The molecular formula is C13H17N3O3S. The SMILES string of the molecule is CC(C)NC(=O)CCN=C1NS(=O)(=O)c2ccccc21. The van der Waals surface area contributed by atoms with E-state index in [-0.39, 0.29) is 29.8 Å². The maximum absolute atomic E-state index is 11.8. The first kappa shape index (κ1) is 14.5. The van der Waals surface area contributed by atoms with Crippen molar-refractivity contribution >= 4 is 21.8 Å². The third-order valence-corrected chi connectivity index (χ3v) is 4.12. The molecule has 0 aromatic heterocycles. The molecule has 0 bridgehead atoms. The largest absolute Gasteiger partial charge is 0.354 e. The fourth-order valence-corrected chi connectivity index (χ4v) is 3.17. The van der Waals surface area contributed by atoms with E-state index in [1.807, 2.05) is 13.8 Å². The Balaban J connectivity index is 2.08. The van der Waals surface area contributed by atoms with Crippen LogP contribution in [0.3, 0.4) is 0 Å². The number of hydrogen-bond acceptors (Lipinski definition) is 4. The van der Waals surface area contributed by atoms with E-state index < -0.39 is 10.0 Å². The number of amides is 1. The lowest BCUT2D eigenvalue weighted by molar-refractivity contribution is -0.121. The molecule has 1 aliphatic heterocycles. The first-order chi connectivity index (χ1) is 9.40. The van der Waals surface area contributed by atoms with Crippen molar-refractivity contribution < 1.29 is 13.2 Å². The number of benzene rings is 1. The minimum atomic E-state index is -3.51. The molecule has 0 atom stereocenters. The molecule has 108 valence electrons. The molecule has 6 nitrogen and oxygen atoms in total. The van der Waals surface area contributed by atoms with E-state index in [0.717, 1.165) is 0 Å². The van der Waals surface area contributed by atoms with E-state index in [9.17, 15) is 13.2 Å². The van der Waals surface area contributed by atoms with Gasteiger partial charge in [-0.25, -0.2) is 8.42 Å². The maximum Gasteiger partial charge on any atom is 0.263 e. The van der Waals surface area contributed by atoms with Crippen molar-refractivity contribution in [3.05, 3.63) is 29.8 Å². The Morgan fingerprint density at radius 2 is 2.05 bits per heavy atom. The molecular weight excluding hydrogens is 278 g/mol. The van der Waals surface area contributed by atoms with Gasteiger partial charge in [-0.2, -0.15) is 0 Å². The van der Waals surface area contributed by atoms with Gasteiger partial charge in [0, 0.05) is 18.0 Å². The number of fused-ring (bicyclic) bond motifs is 1. The lowest BCUT2D eigenvalue weighted by Gasteiger charge is -2.06. The lowest BCUT2D eigenvalue weighted by Crippen LogP contribution is -2.30. The second kappa shape index (κ2) is 5.62. The molecule has 0 fully saturated rings. The molecule has 0 saturated heterocycles. The number of nitrogens with zero attached hydrogens (tertiary/aromatic N) is 1. The highest BCUT2D eigenvalue weighted by molar-refractivity contribution is 7.90. The summed E-state index contributed by atoms with van der Waals surface area (Å²) in [5.41, 5.74) is 0.553. The number of carbonyl (C=O) groups excluding carboxylic acids is 1. The van der Waals surface area contributed by atoms with E-state index in [1.54, 1.807) is 18.2 Å². The van der Waals surface area contributed by atoms with Crippen molar-refractivity contribution in [1.29, 1.82) is 0 Å². The Bertz CT molecular complexity index is 651. The lowest BCUT2D eigenvalue weighted by atomic mass is 10.2. The van der Waals surface area contributed by atoms with E-state index in [0.29, 0.717) is 11.4 Å². The maximum atomic E-state index is 11.8. The molecule has 1 aliphatic rings. The van der Waals surface area contributed by atoms with Gasteiger partial charge >= 0.3 is 0 Å². The zero-order chi connectivity index (χ0) is 14.8. The molecule has 1 aromatic carbocycles. The summed E-state index contributed by atoms with van der Waals surface area (Å²) in [5, 5.41) is 2.76.